The Kier molecular flexibility index (Phi) is 21.8. The number of aliphatic hydroxyl groups excluding tert-OH is 6. The average molecular weight is 1260 g/mol. The second-order valence-corrected chi connectivity index (χ2v) is 24.5. The fourth-order valence-corrected chi connectivity index (χ4v) is 12.3. The Balaban J connectivity index is 0.606. The van der Waals surface area contributed by atoms with Crippen molar-refractivity contribution in [2.24, 2.45) is 34.4 Å². The predicted molar refractivity (Wildman–Crippen MR) is 322 cm³/mol. The standard InChI is InChI=1S/C58H89N19O13/c1-73-18-20-74(21-19-73)35-12-15-39-40(22-35)66-55(65-39)31-10-13-36(14-11-31)84-30-34-28-76(71-69-34)17-7-3-2-6-16-75-26-32(67-70-75)8-4-5-9-33-27-77(72-68-33)29-43-53(89-57-45(64)50(82)48(80)42(25-60)86-57)51(83)58(87-43)90-54-46(78)37(61)23-38(62)52(54)88-56-44(63)49(81)47(79)41(24-59)85-56/h10-15,22,26-28,37-38,41-54,56-58,78-83H,2-9,16-21,23-25,29-30,59-64H2,1H3,(H,65,66)/t37-,38?,41?,42+,43?,44?,45?,46-,47-,48-,49-,50?,51+,52-,53+,54?,56-,57-,58?/m1/s1. The van der Waals surface area contributed by atoms with Crippen LogP contribution in [-0.2, 0) is 67.5 Å². The van der Waals surface area contributed by atoms with Crippen LogP contribution in [0.1, 0.15) is 62.0 Å². The molecule has 5 aliphatic rings. The van der Waals surface area contributed by atoms with Gasteiger partial charge in [0.1, 0.15) is 91.0 Å². The van der Waals surface area contributed by atoms with Crippen molar-refractivity contribution in [3.63, 3.8) is 0 Å². The van der Waals surface area contributed by atoms with E-state index >= 15 is 0 Å². The van der Waals surface area contributed by atoms with Crippen molar-refractivity contribution in [1.29, 1.82) is 0 Å². The Labute approximate surface area is 519 Å². The van der Waals surface area contributed by atoms with Crippen molar-refractivity contribution in [2.45, 2.75) is 200 Å². The number of H-pyrrole nitrogens is 1. The molecule has 0 amide bonds. The lowest BCUT2D eigenvalue weighted by molar-refractivity contribution is -0.306. The van der Waals surface area contributed by atoms with E-state index in [4.69, 9.17) is 72.5 Å². The third-order valence-corrected chi connectivity index (χ3v) is 17.8. The van der Waals surface area contributed by atoms with E-state index in [0.717, 1.165) is 124 Å². The molecule has 4 saturated heterocycles. The van der Waals surface area contributed by atoms with Crippen LogP contribution in [0, 0.1) is 0 Å². The van der Waals surface area contributed by atoms with Crippen LogP contribution in [0.2, 0.25) is 0 Å². The topological polar surface area (TPSA) is 469 Å². The molecule has 90 heavy (non-hydrogen) atoms. The van der Waals surface area contributed by atoms with Crippen molar-refractivity contribution < 1.29 is 63.8 Å². The molecule has 11 rings (SSSR count). The van der Waals surface area contributed by atoms with Gasteiger partial charge in [-0.25, -0.2) is 9.67 Å². The SMILES string of the molecule is CN1CCN(c2ccc3nc(-c4ccc(OCc5cn(CCCCCCn6cc(CCCCc7cn(CC8OC(OC9[C@H](O[C@H]%10OC(CN)[C@@H](O)[C@H](O)C%10N)C(N)C[C@@H](N)[C@H]9O)[C@@H](O)[C@H]8O[C@H]8O[C@@H](CN)[C@@H](O)C(O)C8N)nn7)nn6)nn5)cc4)[nH]c3c2)CC1. The number of unbranched alkanes of at least 4 members (excludes halogenated alkanes) is 4. The summed E-state index contributed by atoms with van der Waals surface area (Å²) < 4.78 is 48.2. The molecule has 8 heterocycles. The summed E-state index contributed by atoms with van der Waals surface area (Å²) in [7, 11) is 2.16. The fourth-order valence-electron chi connectivity index (χ4n) is 12.3. The summed E-state index contributed by atoms with van der Waals surface area (Å²) in [6.45, 7) is 5.59. The van der Waals surface area contributed by atoms with E-state index in [9.17, 15) is 30.6 Å². The molecule has 32 heteroatoms. The van der Waals surface area contributed by atoms with Gasteiger partial charge in [0.15, 0.2) is 18.9 Å². The number of aliphatic hydroxyl groups is 6. The molecule has 1 aliphatic carbocycles. The molecule has 4 aromatic heterocycles. The number of fused-ring (bicyclic) bond motifs is 1. The van der Waals surface area contributed by atoms with Gasteiger partial charge in [-0.05, 0) is 94.5 Å². The number of hydrogen-bond acceptors (Lipinski definition) is 28. The summed E-state index contributed by atoms with van der Waals surface area (Å²) in [4.78, 5) is 13.1. The second-order valence-electron chi connectivity index (χ2n) is 24.5. The van der Waals surface area contributed by atoms with Gasteiger partial charge in [0.05, 0.1) is 53.4 Å². The van der Waals surface area contributed by atoms with Crippen LogP contribution in [0.5, 0.6) is 5.75 Å². The van der Waals surface area contributed by atoms with E-state index < -0.39 is 116 Å². The first-order valence-corrected chi connectivity index (χ1v) is 31.3. The minimum Gasteiger partial charge on any atom is -0.487 e. The summed E-state index contributed by atoms with van der Waals surface area (Å²) in [6, 6.07) is 10.0. The molecule has 8 unspecified atom stereocenters. The third-order valence-electron chi connectivity index (χ3n) is 17.8. The second kappa shape index (κ2) is 29.8. The Morgan fingerprint density at radius 1 is 0.567 bits per heavy atom. The van der Waals surface area contributed by atoms with Crippen molar-refractivity contribution in [3.05, 3.63) is 78.1 Å². The zero-order chi connectivity index (χ0) is 63.2. The number of nitrogens with two attached hydrogens (primary N) is 6. The highest BCUT2D eigenvalue weighted by molar-refractivity contribution is 5.83. The smallest absolute Gasteiger partial charge is 0.187 e. The van der Waals surface area contributed by atoms with Gasteiger partial charge in [-0.3, -0.25) is 9.36 Å². The van der Waals surface area contributed by atoms with Crippen molar-refractivity contribution in [3.8, 4) is 17.1 Å². The Morgan fingerprint density at radius 3 is 1.74 bits per heavy atom. The quantitative estimate of drug-likeness (QED) is 0.0221. The lowest BCUT2D eigenvalue weighted by atomic mass is 9.84. The molecule has 32 nitrogen and oxygen atoms in total. The van der Waals surface area contributed by atoms with Crippen LogP contribution >= 0.6 is 0 Å². The van der Waals surface area contributed by atoms with E-state index in [0.29, 0.717) is 18.7 Å². The number of anilines is 1. The maximum Gasteiger partial charge on any atom is 0.187 e. The molecule has 19 atom stereocenters. The predicted octanol–water partition coefficient (Wildman–Crippen LogP) is -3.71. The first-order valence-electron chi connectivity index (χ1n) is 31.3. The molecule has 494 valence electrons. The lowest BCUT2D eigenvalue weighted by Gasteiger charge is -2.47. The van der Waals surface area contributed by atoms with Crippen molar-refractivity contribution in [1.82, 2.24) is 59.8 Å². The molecule has 4 aliphatic heterocycles. The van der Waals surface area contributed by atoms with Crippen LogP contribution in [-0.4, -0.2) is 253 Å². The van der Waals surface area contributed by atoms with E-state index in [2.05, 4.69) is 71.0 Å². The fraction of sp³-hybridized carbons (Fsp3) is 0.672. The van der Waals surface area contributed by atoms with Gasteiger partial charge in [-0.2, -0.15) is 0 Å². The summed E-state index contributed by atoms with van der Waals surface area (Å²) in [5.74, 6) is 1.56. The highest BCUT2D eigenvalue weighted by atomic mass is 16.8. The number of aromatic amines is 1. The number of likely N-dealkylation sites (N-methyl/N-ethyl adjacent to an activating group) is 1. The van der Waals surface area contributed by atoms with Crippen LogP contribution in [0.3, 0.4) is 0 Å². The van der Waals surface area contributed by atoms with Crippen LogP contribution in [0.25, 0.3) is 22.4 Å². The number of aryl methyl sites for hydroxylation is 4. The highest BCUT2D eigenvalue weighted by Gasteiger charge is 2.55. The van der Waals surface area contributed by atoms with E-state index in [1.54, 1.807) is 6.20 Å². The zero-order valence-corrected chi connectivity index (χ0v) is 50.5. The molecule has 1 saturated carbocycles. The molecule has 19 N–H and O–H groups in total. The van der Waals surface area contributed by atoms with Crippen LogP contribution in [0.15, 0.2) is 61.1 Å². The molecule has 0 radical (unpaired) electrons. The highest BCUT2D eigenvalue weighted by Crippen LogP contribution is 2.36. The molecule has 0 spiro atoms. The number of nitrogens with one attached hydrogen (secondary N) is 1. The van der Waals surface area contributed by atoms with Crippen molar-refractivity contribution in [2.75, 3.05) is 51.2 Å². The Morgan fingerprint density at radius 2 is 1.12 bits per heavy atom. The summed E-state index contributed by atoms with van der Waals surface area (Å²) >= 11 is 0. The largest absolute Gasteiger partial charge is 0.487 e. The van der Waals surface area contributed by atoms with Gasteiger partial charge in [0.2, 0.25) is 0 Å². The normalized spacial score (nSPS) is 32.7. The number of benzene rings is 2. The van der Waals surface area contributed by atoms with Gasteiger partial charge in [0, 0.05) is 88.1 Å². The van der Waals surface area contributed by atoms with Gasteiger partial charge in [-0.15, -0.1) is 15.3 Å². The minimum absolute atomic E-state index is 0.0373. The Bertz CT molecular complexity index is 3180. The van der Waals surface area contributed by atoms with Gasteiger partial charge in [-0.1, -0.05) is 28.5 Å². The molecule has 6 aromatic rings. The number of aromatic nitrogens is 11. The average Bonchev–Trinajstić information content (AvgIpc) is 1.51. The number of rotatable bonds is 27. The van der Waals surface area contributed by atoms with Gasteiger partial charge >= 0.3 is 0 Å². The van der Waals surface area contributed by atoms with E-state index in [1.807, 2.05) is 46.0 Å². The summed E-state index contributed by atoms with van der Waals surface area (Å²) in [5, 5.41) is 92.1. The van der Waals surface area contributed by atoms with Crippen molar-refractivity contribution >= 4 is 16.7 Å². The number of ether oxygens (including phenoxy) is 7. The van der Waals surface area contributed by atoms with E-state index in [-0.39, 0.29) is 26.1 Å². The number of hydrogen-bond donors (Lipinski definition) is 13. The zero-order valence-electron chi connectivity index (χ0n) is 50.5. The molecular weight excluding hydrogens is 1170 g/mol. The molecule has 5 fully saturated rings. The number of imidazole rings is 1. The maximum atomic E-state index is 12.0. The molecular formula is C58H89N19O13. The molecule has 0 bridgehead atoms. The summed E-state index contributed by atoms with van der Waals surface area (Å²) in [5.41, 5.74) is 43.5. The third kappa shape index (κ3) is 15.5. The van der Waals surface area contributed by atoms with Crippen LogP contribution < -0.4 is 44.0 Å². The van der Waals surface area contributed by atoms with Gasteiger partial charge in [0.25, 0.3) is 0 Å². The molecule has 2 aromatic carbocycles. The first kappa shape index (κ1) is 65.7. The van der Waals surface area contributed by atoms with Gasteiger partial charge < -0.3 is 113 Å². The number of nitrogens with zero attached hydrogens (tertiary/aromatic N) is 12. The number of piperazine rings is 1. The lowest BCUT2D eigenvalue weighted by Crippen LogP contribution is -2.68. The Hall–Kier alpha value is -5.83. The summed E-state index contributed by atoms with van der Waals surface area (Å²) in [6.07, 6.45) is -7.43. The monoisotopic (exact) mass is 1260 g/mol. The van der Waals surface area contributed by atoms with Crippen LogP contribution in [0.4, 0.5) is 5.69 Å². The maximum absolute atomic E-state index is 12.0. The van der Waals surface area contributed by atoms with E-state index in [1.165, 1.54) is 10.4 Å². The first-order chi connectivity index (χ1) is 43.5. The minimum atomic E-state index is -1.62.